The van der Waals surface area contributed by atoms with Crippen LogP contribution < -0.4 is 16.0 Å². The van der Waals surface area contributed by atoms with E-state index in [-0.39, 0.29) is 23.7 Å². The zero-order chi connectivity index (χ0) is 14.4. The molecule has 0 aliphatic carbocycles. The first-order valence-corrected chi connectivity index (χ1v) is 6.34. The number of hydrogen-bond donors (Lipinski definition) is 2. The summed E-state index contributed by atoms with van der Waals surface area (Å²) in [6.45, 7) is 4.13. The minimum Gasteiger partial charge on any atom is -0.494 e. The third-order valence-corrected chi connectivity index (χ3v) is 3.21. The Morgan fingerprint density at radius 1 is 1.32 bits per heavy atom. The van der Waals surface area contributed by atoms with Gasteiger partial charge in [-0.3, -0.25) is 11.3 Å². The first kappa shape index (κ1) is 15.9. The molecule has 0 spiro atoms. The minimum atomic E-state index is -0.366. The smallest absolute Gasteiger partial charge is 0.165 e. The molecule has 2 unspecified atom stereocenters. The second kappa shape index (κ2) is 7.43. The summed E-state index contributed by atoms with van der Waals surface area (Å²) < 4.78 is 24.0. The lowest BCUT2D eigenvalue weighted by Crippen LogP contribution is -2.48. The molecule has 4 nitrogen and oxygen atoms in total. The molecule has 0 radical (unpaired) electrons. The van der Waals surface area contributed by atoms with Crippen molar-refractivity contribution in [2.75, 3.05) is 14.2 Å². The number of halogens is 1. The Labute approximate surface area is 114 Å². The van der Waals surface area contributed by atoms with Crippen LogP contribution in [0.25, 0.3) is 0 Å². The summed E-state index contributed by atoms with van der Waals surface area (Å²) in [5.41, 5.74) is 3.60. The summed E-state index contributed by atoms with van der Waals surface area (Å²) in [7, 11) is 3.10. The molecule has 0 aliphatic heterocycles. The molecule has 19 heavy (non-hydrogen) atoms. The predicted octanol–water partition coefficient (Wildman–Crippen LogP) is 1.88. The molecule has 0 aliphatic rings. The van der Waals surface area contributed by atoms with E-state index in [1.165, 1.54) is 13.2 Å². The zero-order valence-electron chi connectivity index (χ0n) is 11.9. The molecule has 1 aromatic rings. The minimum absolute atomic E-state index is 0.0323. The molecular formula is C14H23FN2O2. The average molecular weight is 270 g/mol. The van der Waals surface area contributed by atoms with Crippen molar-refractivity contribution in [3.05, 3.63) is 29.6 Å². The average Bonchev–Trinajstić information content (AvgIpc) is 2.38. The fourth-order valence-corrected chi connectivity index (χ4v) is 2.26. The molecular weight excluding hydrogens is 247 g/mol. The maximum Gasteiger partial charge on any atom is 0.165 e. The van der Waals surface area contributed by atoms with Crippen molar-refractivity contribution in [2.45, 2.75) is 32.4 Å². The number of benzene rings is 1. The van der Waals surface area contributed by atoms with Crippen molar-refractivity contribution in [3.8, 4) is 5.75 Å². The van der Waals surface area contributed by atoms with E-state index in [1.807, 2.05) is 6.07 Å². The Kier molecular flexibility index (Phi) is 6.21. The molecule has 0 bridgehead atoms. The van der Waals surface area contributed by atoms with Crippen LogP contribution in [0.1, 0.15) is 19.4 Å². The van der Waals surface area contributed by atoms with Crippen LogP contribution in [0.5, 0.6) is 5.75 Å². The number of ether oxygens (including phenoxy) is 2. The van der Waals surface area contributed by atoms with Crippen molar-refractivity contribution < 1.29 is 13.9 Å². The lowest BCUT2D eigenvalue weighted by molar-refractivity contribution is 0.0332. The lowest BCUT2D eigenvalue weighted by atomic mass is 9.94. The summed E-state index contributed by atoms with van der Waals surface area (Å²) in [5.74, 6) is 5.77. The SMILES string of the molecule is COc1ccc(CC(NN)C(OC)C(C)C)cc1F. The molecule has 0 amide bonds. The molecule has 0 aromatic heterocycles. The van der Waals surface area contributed by atoms with Crippen LogP contribution >= 0.6 is 0 Å². The monoisotopic (exact) mass is 270 g/mol. The van der Waals surface area contributed by atoms with Crippen molar-refractivity contribution in [3.63, 3.8) is 0 Å². The van der Waals surface area contributed by atoms with E-state index in [0.29, 0.717) is 12.3 Å². The maximum absolute atomic E-state index is 13.6. The number of nitrogens with two attached hydrogens (primary N) is 1. The number of hydrazine groups is 1. The zero-order valence-corrected chi connectivity index (χ0v) is 11.9. The van der Waals surface area contributed by atoms with Crippen molar-refractivity contribution >= 4 is 0 Å². The summed E-state index contributed by atoms with van der Waals surface area (Å²) in [4.78, 5) is 0. The molecule has 1 rings (SSSR count). The van der Waals surface area contributed by atoms with Gasteiger partial charge in [0.15, 0.2) is 11.6 Å². The fourth-order valence-electron chi connectivity index (χ4n) is 2.26. The van der Waals surface area contributed by atoms with Gasteiger partial charge in [0.25, 0.3) is 0 Å². The van der Waals surface area contributed by atoms with Crippen LogP contribution in [0.15, 0.2) is 18.2 Å². The Morgan fingerprint density at radius 3 is 2.42 bits per heavy atom. The van der Waals surface area contributed by atoms with Crippen LogP contribution in [0.3, 0.4) is 0 Å². The van der Waals surface area contributed by atoms with Gasteiger partial charge < -0.3 is 9.47 Å². The molecule has 108 valence electrons. The summed E-state index contributed by atoms with van der Waals surface area (Å²) >= 11 is 0. The number of methoxy groups -OCH3 is 2. The van der Waals surface area contributed by atoms with E-state index in [1.54, 1.807) is 13.2 Å². The molecule has 0 heterocycles. The highest BCUT2D eigenvalue weighted by molar-refractivity contribution is 5.29. The van der Waals surface area contributed by atoms with Gasteiger partial charge in [0.2, 0.25) is 0 Å². The van der Waals surface area contributed by atoms with E-state index in [2.05, 4.69) is 19.3 Å². The van der Waals surface area contributed by atoms with Crippen LogP contribution in [0, 0.1) is 11.7 Å². The van der Waals surface area contributed by atoms with Gasteiger partial charge in [-0.1, -0.05) is 19.9 Å². The molecule has 0 fully saturated rings. The quantitative estimate of drug-likeness (QED) is 0.587. The van der Waals surface area contributed by atoms with E-state index in [0.717, 1.165) is 5.56 Å². The van der Waals surface area contributed by atoms with Crippen LogP contribution in [-0.2, 0) is 11.2 Å². The fraction of sp³-hybridized carbons (Fsp3) is 0.571. The van der Waals surface area contributed by atoms with Gasteiger partial charge in [-0.05, 0) is 30.0 Å². The van der Waals surface area contributed by atoms with E-state index in [4.69, 9.17) is 15.3 Å². The molecule has 0 saturated carbocycles. The lowest BCUT2D eigenvalue weighted by Gasteiger charge is -2.28. The number of nitrogens with one attached hydrogen (secondary N) is 1. The topological polar surface area (TPSA) is 56.5 Å². The largest absolute Gasteiger partial charge is 0.494 e. The van der Waals surface area contributed by atoms with E-state index < -0.39 is 0 Å². The molecule has 2 atom stereocenters. The van der Waals surface area contributed by atoms with Gasteiger partial charge in [0.05, 0.1) is 19.3 Å². The second-order valence-corrected chi connectivity index (χ2v) is 4.89. The third kappa shape index (κ3) is 4.16. The standard InChI is InChI=1S/C14H23FN2O2/c1-9(2)14(19-4)12(17-16)8-10-5-6-13(18-3)11(15)7-10/h5-7,9,12,14,17H,8,16H2,1-4H3. The van der Waals surface area contributed by atoms with Crippen LogP contribution in [-0.4, -0.2) is 26.4 Å². The maximum atomic E-state index is 13.6. The second-order valence-electron chi connectivity index (χ2n) is 4.89. The Morgan fingerprint density at radius 2 is 2.00 bits per heavy atom. The van der Waals surface area contributed by atoms with E-state index >= 15 is 0 Å². The summed E-state index contributed by atoms with van der Waals surface area (Å²) in [6, 6.07) is 4.85. The number of rotatable bonds is 7. The van der Waals surface area contributed by atoms with Gasteiger partial charge in [-0.15, -0.1) is 0 Å². The highest BCUT2D eigenvalue weighted by Crippen LogP contribution is 2.20. The van der Waals surface area contributed by atoms with Gasteiger partial charge in [0.1, 0.15) is 0 Å². The van der Waals surface area contributed by atoms with Crippen LogP contribution in [0.4, 0.5) is 4.39 Å². The normalized spacial score (nSPS) is 14.5. The molecule has 1 aromatic carbocycles. The summed E-state index contributed by atoms with van der Waals surface area (Å²) in [6.07, 6.45) is 0.559. The van der Waals surface area contributed by atoms with Crippen LogP contribution in [0.2, 0.25) is 0 Å². The molecule has 3 N–H and O–H groups in total. The van der Waals surface area contributed by atoms with Crippen molar-refractivity contribution in [1.29, 1.82) is 0 Å². The molecule has 5 heteroatoms. The Bertz CT molecular complexity index is 399. The number of hydrogen-bond acceptors (Lipinski definition) is 4. The highest BCUT2D eigenvalue weighted by Gasteiger charge is 2.23. The van der Waals surface area contributed by atoms with E-state index in [9.17, 15) is 4.39 Å². The van der Waals surface area contributed by atoms with Crippen molar-refractivity contribution in [2.24, 2.45) is 11.8 Å². The summed E-state index contributed by atoms with van der Waals surface area (Å²) in [5, 5.41) is 0. The third-order valence-electron chi connectivity index (χ3n) is 3.21. The highest BCUT2D eigenvalue weighted by atomic mass is 19.1. The molecule has 0 saturated heterocycles. The van der Waals surface area contributed by atoms with Gasteiger partial charge in [-0.2, -0.15) is 0 Å². The Hall–Kier alpha value is -1.17. The van der Waals surface area contributed by atoms with Gasteiger partial charge >= 0.3 is 0 Å². The van der Waals surface area contributed by atoms with Gasteiger partial charge in [0, 0.05) is 7.11 Å². The van der Waals surface area contributed by atoms with Crippen molar-refractivity contribution in [1.82, 2.24) is 5.43 Å². The first-order valence-electron chi connectivity index (χ1n) is 6.34. The predicted molar refractivity (Wildman–Crippen MR) is 73.4 cm³/mol. The van der Waals surface area contributed by atoms with Gasteiger partial charge in [-0.25, -0.2) is 4.39 Å². The first-order chi connectivity index (χ1) is 9.03. The Balaban J connectivity index is 2.83.